The lowest BCUT2D eigenvalue weighted by atomic mass is 10.1. The molecule has 2 atom stereocenters. The van der Waals surface area contributed by atoms with Crippen molar-refractivity contribution in [1.29, 1.82) is 0 Å². The molecule has 0 bridgehead atoms. The maximum atomic E-state index is 12.6. The highest BCUT2D eigenvalue weighted by Crippen LogP contribution is 2.22. The lowest BCUT2D eigenvalue weighted by molar-refractivity contribution is -0.128. The number of amides is 1. The molecule has 0 saturated carbocycles. The molecule has 1 heterocycles. The average Bonchev–Trinajstić information content (AvgIpc) is 3.13. The first kappa shape index (κ1) is 15.6. The standard InChI is InChI=1S/C19H22N2O2/c22-19(21-14-16-10-7-13-20-16)18(15-8-3-1-4-9-15)23-17-11-5-2-6-12-17/h1-6,8-9,11-12,16,18,20H,7,10,13-14H2,(H,21,22). The first-order valence-electron chi connectivity index (χ1n) is 8.10. The smallest absolute Gasteiger partial charge is 0.265 e. The predicted octanol–water partition coefficient (Wildman–Crippen LogP) is 2.67. The molecule has 0 radical (unpaired) electrons. The van der Waals surface area contributed by atoms with Gasteiger partial charge < -0.3 is 15.4 Å². The van der Waals surface area contributed by atoms with Crippen molar-refractivity contribution in [1.82, 2.24) is 10.6 Å². The van der Waals surface area contributed by atoms with Gasteiger partial charge in [-0.25, -0.2) is 0 Å². The first-order chi connectivity index (χ1) is 11.3. The van der Waals surface area contributed by atoms with E-state index in [4.69, 9.17) is 4.74 Å². The average molecular weight is 310 g/mol. The lowest BCUT2D eigenvalue weighted by Gasteiger charge is -2.20. The van der Waals surface area contributed by atoms with Gasteiger partial charge in [-0.15, -0.1) is 0 Å². The summed E-state index contributed by atoms with van der Waals surface area (Å²) in [5.41, 5.74) is 0.855. The van der Waals surface area contributed by atoms with Gasteiger partial charge in [0, 0.05) is 18.2 Å². The van der Waals surface area contributed by atoms with Gasteiger partial charge in [-0.1, -0.05) is 48.5 Å². The van der Waals surface area contributed by atoms with Crippen LogP contribution in [0.3, 0.4) is 0 Å². The second-order valence-corrected chi connectivity index (χ2v) is 5.76. The van der Waals surface area contributed by atoms with E-state index in [1.54, 1.807) is 0 Å². The summed E-state index contributed by atoms with van der Waals surface area (Å²) in [6.07, 6.45) is 1.64. The van der Waals surface area contributed by atoms with Crippen LogP contribution in [0.2, 0.25) is 0 Å². The third-order valence-corrected chi connectivity index (χ3v) is 4.02. The molecule has 2 unspecified atom stereocenters. The van der Waals surface area contributed by atoms with Gasteiger partial charge >= 0.3 is 0 Å². The van der Waals surface area contributed by atoms with E-state index in [0.717, 1.165) is 18.5 Å². The Morgan fingerprint density at radius 3 is 2.48 bits per heavy atom. The van der Waals surface area contributed by atoms with Gasteiger partial charge in [-0.05, 0) is 31.5 Å². The van der Waals surface area contributed by atoms with Gasteiger partial charge in [0.15, 0.2) is 0 Å². The van der Waals surface area contributed by atoms with Crippen LogP contribution < -0.4 is 15.4 Å². The number of carbonyl (C=O) groups is 1. The molecule has 1 amide bonds. The van der Waals surface area contributed by atoms with Crippen LogP contribution in [0, 0.1) is 0 Å². The number of benzene rings is 2. The maximum Gasteiger partial charge on any atom is 0.265 e. The molecule has 1 saturated heterocycles. The van der Waals surface area contributed by atoms with E-state index < -0.39 is 6.10 Å². The lowest BCUT2D eigenvalue weighted by Crippen LogP contribution is -2.40. The molecule has 4 heteroatoms. The Hall–Kier alpha value is -2.33. The molecular weight excluding hydrogens is 288 g/mol. The van der Waals surface area contributed by atoms with Crippen LogP contribution in [0.25, 0.3) is 0 Å². The molecule has 0 spiro atoms. The first-order valence-corrected chi connectivity index (χ1v) is 8.10. The largest absolute Gasteiger partial charge is 0.476 e. The van der Waals surface area contributed by atoms with Crippen molar-refractivity contribution in [2.24, 2.45) is 0 Å². The fraction of sp³-hybridized carbons (Fsp3) is 0.316. The highest BCUT2D eigenvalue weighted by Gasteiger charge is 2.24. The molecular formula is C19H22N2O2. The highest BCUT2D eigenvalue weighted by molar-refractivity contribution is 5.82. The van der Waals surface area contributed by atoms with E-state index in [9.17, 15) is 4.79 Å². The zero-order valence-corrected chi connectivity index (χ0v) is 13.1. The van der Waals surface area contributed by atoms with Crippen molar-refractivity contribution < 1.29 is 9.53 Å². The summed E-state index contributed by atoms with van der Waals surface area (Å²) in [5.74, 6) is 0.587. The van der Waals surface area contributed by atoms with Gasteiger partial charge in [0.2, 0.25) is 6.10 Å². The van der Waals surface area contributed by atoms with Crippen LogP contribution in [0.1, 0.15) is 24.5 Å². The molecule has 3 rings (SSSR count). The molecule has 1 fully saturated rings. The zero-order valence-electron chi connectivity index (χ0n) is 13.1. The summed E-state index contributed by atoms with van der Waals surface area (Å²) in [4.78, 5) is 12.6. The Balaban J connectivity index is 1.70. The SMILES string of the molecule is O=C(NCC1CCCN1)C(Oc1ccccc1)c1ccccc1. The van der Waals surface area contributed by atoms with E-state index in [0.29, 0.717) is 18.3 Å². The molecule has 120 valence electrons. The molecule has 2 N–H and O–H groups in total. The number of ether oxygens (including phenoxy) is 1. The number of hydrogen-bond donors (Lipinski definition) is 2. The van der Waals surface area contributed by atoms with Crippen LogP contribution in [0.15, 0.2) is 60.7 Å². The van der Waals surface area contributed by atoms with Crippen LogP contribution in [-0.4, -0.2) is 25.0 Å². The fourth-order valence-electron chi connectivity index (χ4n) is 2.78. The summed E-state index contributed by atoms with van der Waals surface area (Å²) >= 11 is 0. The Morgan fingerprint density at radius 2 is 1.83 bits per heavy atom. The molecule has 2 aromatic carbocycles. The number of nitrogens with one attached hydrogen (secondary N) is 2. The van der Waals surface area contributed by atoms with Gasteiger partial charge in [0.25, 0.3) is 5.91 Å². The number of carbonyl (C=O) groups excluding carboxylic acids is 1. The van der Waals surface area contributed by atoms with Crippen LogP contribution >= 0.6 is 0 Å². The van der Waals surface area contributed by atoms with Gasteiger partial charge in [0.05, 0.1) is 0 Å². The predicted molar refractivity (Wildman–Crippen MR) is 90.3 cm³/mol. The van der Waals surface area contributed by atoms with Crippen molar-refractivity contribution >= 4 is 5.91 Å². The third kappa shape index (κ3) is 4.33. The summed E-state index contributed by atoms with van der Waals surface area (Å²) < 4.78 is 5.95. The van der Waals surface area contributed by atoms with Crippen molar-refractivity contribution in [3.63, 3.8) is 0 Å². The second kappa shape index (κ2) is 7.79. The monoisotopic (exact) mass is 310 g/mol. The van der Waals surface area contributed by atoms with Crippen LogP contribution in [0.4, 0.5) is 0 Å². The summed E-state index contributed by atoms with van der Waals surface area (Å²) in [6.45, 7) is 1.67. The maximum absolute atomic E-state index is 12.6. The van der Waals surface area contributed by atoms with E-state index in [2.05, 4.69) is 10.6 Å². The minimum absolute atomic E-state index is 0.103. The molecule has 1 aliphatic heterocycles. The number of rotatable bonds is 6. The summed E-state index contributed by atoms with van der Waals surface area (Å²) in [7, 11) is 0. The Bertz CT molecular complexity index is 610. The molecule has 2 aromatic rings. The van der Waals surface area contributed by atoms with Crippen LogP contribution in [-0.2, 0) is 4.79 Å². The van der Waals surface area contributed by atoms with E-state index in [1.807, 2.05) is 60.7 Å². The number of para-hydroxylation sites is 1. The van der Waals surface area contributed by atoms with Crippen molar-refractivity contribution in [3.05, 3.63) is 66.2 Å². The topological polar surface area (TPSA) is 50.4 Å². The zero-order chi connectivity index (χ0) is 15.9. The minimum atomic E-state index is -0.639. The molecule has 1 aliphatic rings. The van der Waals surface area contributed by atoms with Crippen molar-refractivity contribution in [2.45, 2.75) is 25.0 Å². The normalized spacial score (nSPS) is 18.3. The van der Waals surface area contributed by atoms with E-state index >= 15 is 0 Å². The van der Waals surface area contributed by atoms with Gasteiger partial charge in [0.1, 0.15) is 5.75 Å². The highest BCUT2D eigenvalue weighted by atomic mass is 16.5. The summed E-state index contributed by atoms with van der Waals surface area (Å²) in [6, 6.07) is 19.4. The Morgan fingerprint density at radius 1 is 1.13 bits per heavy atom. The van der Waals surface area contributed by atoms with Crippen molar-refractivity contribution in [2.75, 3.05) is 13.1 Å². The van der Waals surface area contributed by atoms with Gasteiger partial charge in [-0.2, -0.15) is 0 Å². The molecule has 4 nitrogen and oxygen atoms in total. The van der Waals surface area contributed by atoms with Crippen molar-refractivity contribution in [3.8, 4) is 5.75 Å². The number of hydrogen-bond acceptors (Lipinski definition) is 3. The molecule has 0 aromatic heterocycles. The minimum Gasteiger partial charge on any atom is -0.476 e. The third-order valence-electron chi connectivity index (χ3n) is 4.02. The van der Waals surface area contributed by atoms with Gasteiger partial charge in [-0.3, -0.25) is 4.79 Å². The van der Waals surface area contributed by atoms with E-state index in [1.165, 1.54) is 6.42 Å². The Kier molecular flexibility index (Phi) is 5.27. The second-order valence-electron chi connectivity index (χ2n) is 5.76. The quantitative estimate of drug-likeness (QED) is 0.862. The Labute approximate surface area is 136 Å². The summed E-state index contributed by atoms with van der Waals surface area (Å²) in [5, 5.41) is 6.40. The van der Waals surface area contributed by atoms with E-state index in [-0.39, 0.29) is 5.91 Å². The molecule has 0 aliphatic carbocycles. The fourth-order valence-corrected chi connectivity index (χ4v) is 2.78. The molecule has 23 heavy (non-hydrogen) atoms. The van der Waals surface area contributed by atoms with Crippen LogP contribution in [0.5, 0.6) is 5.75 Å².